The summed E-state index contributed by atoms with van der Waals surface area (Å²) in [5, 5.41) is 1.04. The summed E-state index contributed by atoms with van der Waals surface area (Å²) < 4.78 is 5.37. The Morgan fingerprint density at radius 3 is 2.29 bits per heavy atom. The second kappa shape index (κ2) is 5.80. The Labute approximate surface area is 102 Å². The van der Waals surface area contributed by atoms with Crippen LogP contribution in [0.3, 0.4) is 0 Å². The van der Waals surface area contributed by atoms with Gasteiger partial charge in [0.15, 0.2) is 0 Å². The number of carbonyl (C=O) groups is 1. The fraction of sp³-hybridized carbons (Fsp3) is 0.462. The van der Waals surface area contributed by atoms with Crippen LogP contribution in [0.2, 0.25) is 0 Å². The fourth-order valence-electron chi connectivity index (χ4n) is 1.78. The molecule has 0 aliphatic rings. The van der Waals surface area contributed by atoms with Crippen LogP contribution in [-0.4, -0.2) is 24.6 Å². The Morgan fingerprint density at radius 1 is 1.29 bits per heavy atom. The zero-order valence-electron chi connectivity index (χ0n) is 10.9. The Balaban J connectivity index is 2.61. The van der Waals surface area contributed by atoms with Gasteiger partial charge in [0.1, 0.15) is 6.61 Å². The zero-order chi connectivity index (χ0) is 13.0. The molecule has 4 nitrogen and oxygen atoms in total. The Kier molecular flexibility index (Phi) is 4.66. The quantitative estimate of drug-likeness (QED) is 0.489. The van der Waals surface area contributed by atoms with Gasteiger partial charge in [-0.25, -0.2) is 5.84 Å². The number of carbonyl (C=O) groups excluding carboxylic acids is 1. The summed E-state index contributed by atoms with van der Waals surface area (Å²) in [4.78, 5) is 11.2. The van der Waals surface area contributed by atoms with Gasteiger partial charge in [0.2, 0.25) is 0 Å². The highest BCUT2D eigenvalue weighted by molar-refractivity contribution is 5.76. The molecule has 2 N–H and O–H groups in total. The molecule has 0 bridgehead atoms. The van der Waals surface area contributed by atoms with Crippen LogP contribution < -0.4 is 5.84 Å². The van der Waals surface area contributed by atoms with Crippen molar-refractivity contribution in [2.45, 2.75) is 27.4 Å². The summed E-state index contributed by atoms with van der Waals surface area (Å²) in [6.07, 6.45) is 0. The molecule has 0 saturated carbocycles. The first-order valence-electron chi connectivity index (χ1n) is 5.57. The van der Waals surface area contributed by atoms with Crippen LogP contribution >= 0.6 is 0 Å². The summed E-state index contributed by atoms with van der Waals surface area (Å²) in [6.45, 7) is 6.62. The normalized spacial score (nSPS) is 10.4. The second-order valence-electron chi connectivity index (χ2n) is 4.37. The van der Waals surface area contributed by atoms with Gasteiger partial charge in [-0.1, -0.05) is 17.7 Å². The van der Waals surface area contributed by atoms with Gasteiger partial charge >= 0.3 is 0 Å². The Hall–Kier alpha value is -1.39. The highest BCUT2D eigenvalue weighted by atomic mass is 16.5. The smallest absolute Gasteiger partial charge is 0.262 e. The van der Waals surface area contributed by atoms with Crippen LogP contribution in [0, 0.1) is 20.8 Å². The van der Waals surface area contributed by atoms with Crippen molar-refractivity contribution in [1.82, 2.24) is 5.01 Å². The lowest BCUT2D eigenvalue weighted by Gasteiger charge is -2.13. The molecule has 0 aliphatic heterocycles. The number of hydrogen-bond donors (Lipinski definition) is 1. The highest BCUT2D eigenvalue weighted by Crippen LogP contribution is 2.17. The van der Waals surface area contributed by atoms with E-state index in [0.29, 0.717) is 6.61 Å². The van der Waals surface area contributed by atoms with Crippen molar-refractivity contribution >= 4 is 5.91 Å². The monoisotopic (exact) mass is 236 g/mol. The molecule has 0 aliphatic carbocycles. The molecule has 17 heavy (non-hydrogen) atoms. The second-order valence-corrected chi connectivity index (χ2v) is 4.37. The van der Waals surface area contributed by atoms with E-state index in [4.69, 9.17) is 10.6 Å². The van der Waals surface area contributed by atoms with E-state index in [0.717, 1.165) is 10.6 Å². The minimum Gasteiger partial charge on any atom is -0.367 e. The number of hydrazine groups is 1. The van der Waals surface area contributed by atoms with Crippen molar-refractivity contribution in [3.63, 3.8) is 0 Å². The van der Waals surface area contributed by atoms with Crippen LogP contribution in [-0.2, 0) is 16.1 Å². The number of likely N-dealkylation sites (N-methyl/N-ethyl adjacent to an activating group) is 1. The predicted molar refractivity (Wildman–Crippen MR) is 67.3 cm³/mol. The molecule has 1 aromatic carbocycles. The first-order chi connectivity index (χ1) is 7.91. The molecule has 94 valence electrons. The Morgan fingerprint density at radius 2 is 1.82 bits per heavy atom. The molecule has 0 unspecified atom stereocenters. The molecule has 0 radical (unpaired) electrons. The van der Waals surface area contributed by atoms with Crippen molar-refractivity contribution in [2.24, 2.45) is 5.84 Å². The van der Waals surface area contributed by atoms with E-state index in [9.17, 15) is 4.79 Å². The number of benzene rings is 1. The van der Waals surface area contributed by atoms with Gasteiger partial charge in [0, 0.05) is 7.05 Å². The van der Waals surface area contributed by atoms with E-state index in [1.807, 2.05) is 0 Å². The van der Waals surface area contributed by atoms with Gasteiger partial charge in [-0.05, 0) is 37.5 Å². The summed E-state index contributed by atoms with van der Waals surface area (Å²) in [5.41, 5.74) is 4.76. The number of aryl methyl sites for hydroxylation is 3. The number of amides is 1. The molecule has 1 aromatic rings. The fourth-order valence-corrected chi connectivity index (χ4v) is 1.78. The molecule has 0 saturated heterocycles. The molecule has 0 fully saturated rings. The summed E-state index contributed by atoms with van der Waals surface area (Å²) in [5.74, 6) is 5.07. The van der Waals surface area contributed by atoms with E-state index in [2.05, 4.69) is 32.9 Å². The number of hydrogen-bond acceptors (Lipinski definition) is 3. The van der Waals surface area contributed by atoms with Crippen molar-refractivity contribution in [3.05, 3.63) is 34.4 Å². The third-order valence-corrected chi connectivity index (χ3v) is 2.71. The number of nitrogens with zero attached hydrogens (tertiary/aromatic N) is 1. The maximum absolute atomic E-state index is 11.2. The van der Waals surface area contributed by atoms with E-state index in [1.54, 1.807) is 0 Å². The van der Waals surface area contributed by atoms with Crippen molar-refractivity contribution in [3.8, 4) is 0 Å². The summed E-state index contributed by atoms with van der Waals surface area (Å²) in [7, 11) is 1.51. The highest BCUT2D eigenvalue weighted by Gasteiger charge is 2.07. The van der Waals surface area contributed by atoms with E-state index >= 15 is 0 Å². The first kappa shape index (κ1) is 13.7. The van der Waals surface area contributed by atoms with Crippen molar-refractivity contribution in [2.75, 3.05) is 13.7 Å². The molecule has 1 amide bonds. The average molecular weight is 236 g/mol. The molecule has 0 spiro atoms. The lowest BCUT2D eigenvalue weighted by Crippen LogP contribution is -2.35. The minimum atomic E-state index is -0.229. The van der Waals surface area contributed by atoms with Gasteiger partial charge in [-0.2, -0.15) is 0 Å². The largest absolute Gasteiger partial charge is 0.367 e. The van der Waals surface area contributed by atoms with Crippen LogP contribution in [0.25, 0.3) is 0 Å². The SMILES string of the molecule is Cc1cc(C)c(COCC(=O)N(C)N)c(C)c1. The predicted octanol–water partition coefficient (Wildman–Crippen LogP) is 1.46. The molecular weight excluding hydrogens is 216 g/mol. The zero-order valence-corrected chi connectivity index (χ0v) is 10.9. The lowest BCUT2D eigenvalue weighted by atomic mass is 10.0. The third-order valence-electron chi connectivity index (χ3n) is 2.71. The van der Waals surface area contributed by atoms with E-state index in [-0.39, 0.29) is 12.5 Å². The lowest BCUT2D eigenvalue weighted by molar-refractivity contribution is -0.135. The summed E-state index contributed by atoms with van der Waals surface area (Å²) >= 11 is 0. The topological polar surface area (TPSA) is 55.6 Å². The summed E-state index contributed by atoms with van der Waals surface area (Å²) in [6, 6.07) is 4.23. The molecule has 0 atom stereocenters. The third kappa shape index (κ3) is 3.84. The van der Waals surface area contributed by atoms with Gasteiger partial charge in [-0.15, -0.1) is 0 Å². The van der Waals surface area contributed by atoms with Gasteiger partial charge in [-0.3, -0.25) is 9.80 Å². The minimum absolute atomic E-state index is 0.0136. The molecule has 0 heterocycles. The number of rotatable bonds is 4. The van der Waals surface area contributed by atoms with E-state index < -0.39 is 0 Å². The standard InChI is InChI=1S/C13H20N2O2/c1-9-5-10(2)12(11(3)6-9)7-17-8-13(16)15(4)14/h5-6H,7-8,14H2,1-4H3. The number of nitrogens with two attached hydrogens (primary N) is 1. The molecular formula is C13H20N2O2. The van der Waals surface area contributed by atoms with Crippen LogP contribution in [0.4, 0.5) is 0 Å². The number of ether oxygens (including phenoxy) is 1. The molecule has 4 heteroatoms. The van der Waals surface area contributed by atoms with Crippen molar-refractivity contribution < 1.29 is 9.53 Å². The van der Waals surface area contributed by atoms with Crippen LogP contribution in [0.15, 0.2) is 12.1 Å². The molecule has 0 aromatic heterocycles. The van der Waals surface area contributed by atoms with Crippen LogP contribution in [0.1, 0.15) is 22.3 Å². The molecule has 1 rings (SSSR count). The van der Waals surface area contributed by atoms with Crippen LogP contribution in [0.5, 0.6) is 0 Å². The first-order valence-corrected chi connectivity index (χ1v) is 5.57. The maximum atomic E-state index is 11.2. The van der Waals surface area contributed by atoms with Crippen molar-refractivity contribution in [1.29, 1.82) is 0 Å². The Bertz CT molecular complexity index is 391. The average Bonchev–Trinajstić information content (AvgIpc) is 2.21. The van der Waals surface area contributed by atoms with Gasteiger partial charge in [0.25, 0.3) is 5.91 Å². The van der Waals surface area contributed by atoms with E-state index in [1.165, 1.54) is 23.7 Å². The van der Waals surface area contributed by atoms with Gasteiger partial charge < -0.3 is 4.74 Å². The maximum Gasteiger partial charge on any atom is 0.262 e. The van der Waals surface area contributed by atoms with Gasteiger partial charge in [0.05, 0.1) is 6.61 Å².